The van der Waals surface area contributed by atoms with Gasteiger partial charge in [0.1, 0.15) is 22.5 Å². The molecule has 172 valence electrons. The van der Waals surface area contributed by atoms with Crippen LogP contribution >= 0.6 is 11.3 Å². The van der Waals surface area contributed by atoms with Crippen molar-refractivity contribution < 1.29 is 14.6 Å². The Hall–Kier alpha value is -3.82. The molecule has 5 rings (SSSR count). The molecule has 0 fully saturated rings. The van der Waals surface area contributed by atoms with Crippen molar-refractivity contribution in [3.05, 3.63) is 82.6 Å². The molecule has 0 spiro atoms. The highest BCUT2D eigenvalue weighted by molar-refractivity contribution is 7.12. The lowest BCUT2D eigenvalue weighted by atomic mass is 10.1. The normalized spacial score (nSPS) is 11.3. The average Bonchev–Trinajstić information content (AvgIpc) is 3.57. The molecule has 0 aliphatic carbocycles. The Kier molecular flexibility index (Phi) is 5.95. The number of Topliss-reactive ketones (excluding diaryl/α,β-unsaturated/α-hetero) is 1. The quantitative estimate of drug-likeness (QED) is 0.341. The Morgan fingerprint density at radius 2 is 1.85 bits per heavy atom. The van der Waals surface area contributed by atoms with Crippen molar-refractivity contribution in [1.29, 1.82) is 0 Å². The fourth-order valence-electron chi connectivity index (χ4n) is 3.98. The number of hydrogen-bond donors (Lipinski definition) is 1. The Bertz CT molecular complexity index is 1440. The van der Waals surface area contributed by atoms with Gasteiger partial charge < -0.3 is 9.84 Å². The third-order valence-electron chi connectivity index (χ3n) is 5.63. The van der Waals surface area contributed by atoms with E-state index in [2.05, 4.69) is 15.2 Å². The molecule has 1 N–H and O–H groups in total. The molecule has 5 aromatic rings. The highest BCUT2D eigenvalue weighted by atomic mass is 32.1. The predicted octanol–water partition coefficient (Wildman–Crippen LogP) is 4.08. The highest BCUT2D eigenvalue weighted by Crippen LogP contribution is 2.26. The molecule has 0 amide bonds. The number of aryl methyl sites for hydroxylation is 1. The number of aromatic nitrogens is 5. The van der Waals surface area contributed by atoms with E-state index in [1.165, 1.54) is 16.1 Å². The highest BCUT2D eigenvalue weighted by Gasteiger charge is 2.19. The number of benzene rings is 2. The summed E-state index contributed by atoms with van der Waals surface area (Å²) in [5.74, 6) is 0.365. The first-order valence-corrected chi connectivity index (χ1v) is 11.7. The first-order chi connectivity index (χ1) is 16.5. The molecular formula is C25H23N5O3S. The van der Waals surface area contributed by atoms with Gasteiger partial charge in [-0.15, -0.1) is 26.3 Å². The van der Waals surface area contributed by atoms with Crippen LogP contribution in [0, 0.1) is 13.8 Å². The van der Waals surface area contributed by atoms with Gasteiger partial charge in [-0.2, -0.15) is 0 Å². The van der Waals surface area contributed by atoms with E-state index < -0.39 is 0 Å². The Morgan fingerprint density at radius 1 is 1.09 bits per heavy atom. The van der Waals surface area contributed by atoms with E-state index in [-0.39, 0.29) is 19.0 Å². The van der Waals surface area contributed by atoms with Gasteiger partial charge in [-0.3, -0.25) is 9.36 Å². The van der Waals surface area contributed by atoms with Gasteiger partial charge in [0, 0.05) is 35.1 Å². The summed E-state index contributed by atoms with van der Waals surface area (Å²) in [6, 6.07) is 15.0. The fraction of sp³-hybridized carbons (Fsp3) is 0.200. The van der Waals surface area contributed by atoms with E-state index >= 15 is 0 Å². The van der Waals surface area contributed by atoms with Crippen LogP contribution < -0.4 is 4.74 Å². The second-order valence-corrected chi connectivity index (χ2v) is 8.77. The summed E-state index contributed by atoms with van der Waals surface area (Å²) in [5.41, 5.74) is 5.43. The van der Waals surface area contributed by atoms with Crippen molar-refractivity contribution in [3.8, 4) is 16.6 Å². The smallest absolute Gasteiger partial charge is 0.202 e. The number of hydrogen-bond acceptors (Lipinski definition) is 7. The maximum atomic E-state index is 13.1. The topological polar surface area (TPSA) is 95.1 Å². The van der Waals surface area contributed by atoms with E-state index in [9.17, 15) is 9.90 Å². The number of thiazole rings is 1. The number of carbonyl (C=O) groups excluding carboxylic acids is 1. The van der Waals surface area contributed by atoms with Gasteiger partial charge in [0.15, 0.2) is 11.7 Å². The summed E-state index contributed by atoms with van der Waals surface area (Å²) < 4.78 is 7.97. The monoisotopic (exact) mass is 473 g/mol. The second-order valence-electron chi connectivity index (χ2n) is 7.90. The van der Waals surface area contributed by atoms with Crippen LogP contribution in [0.2, 0.25) is 0 Å². The van der Waals surface area contributed by atoms with Crippen molar-refractivity contribution in [2.75, 3.05) is 13.2 Å². The molecule has 2 aromatic carbocycles. The number of rotatable bonds is 8. The van der Waals surface area contributed by atoms with Crippen molar-refractivity contribution in [2.24, 2.45) is 0 Å². The molecule has 0 radical (unpaired) electrons. The number of fused-ring (bicyclic) bond motifs is 1. The van der Waals surface area contributed by atoms with Gasteiger partial charge in [0.25, 0.3) is 0 Å². The van der Waals surface area contributed by atoms with Crippen LogP contribution in [0.4, 0.5) is 0 Å². The van der Waals surface area contributed by atoms with Crippen LogP contribution in [0.5, 0.6) is 5.75 Å². The first kappa shape index (κ1) is 22.0. The molecule has 0 saturated carbocycles. The van der Waals surface area contributed by atoms with Crippen molar-refractivity contribution in [2.45, 2.75) is 20.3 Å². The van der Waals surface area contributed by atoms with Crippen molar-refractivity contribution >= 4 is 28.2 Å². The van der Waals surface area contributed by atoms with E-state index in [1.54, 1.807) is 12.3 Å². The maximum absolute atomic E-state index is 13.1. The predicted molar refractivity (Wildman–Crippen MR) is 130 cm³/mol. The Labute approximate surface area is 200 Å². The van der Waals surface area contributed by atoms with Gasteiger partial charge in [-0.25, -0.2) is 4.98 Å². The van der Waals surface area contributed by atoms with Crippen LogP contribution in [-0.4, -0.2) is 48.6 Å². The molecule has 0 atom stereocenters. The molecule has 8 nitrogen and oxygen atoms in total. The first-order valence-electron chi connectivity index (χ1n) is 10.9. The minimum atomic E-state index is -0.130. The number of aliphatic hydroxyl groups is 1. The van der Waals surface area contributed by atoms with E-state index in [1.807, 2.05) is 66.3 Å². The zero-order valence-electron chi connectivity index (χ0n) is 18.8. The van der Waals surface area contributed by atoms with Gasteiger partial charge in [-0.1, -0.05) is 18.2 Å². The lowest BCUT2D eigenvalue weighted by Crippen LogP contribution is -2.14. The van der Waals surface area contributed by atoms with Crippen molar-refractivity contribution in [1.82, 2.24) is 24.5 Å². The number of ether oxygens (including phenoxy) is 1. The Balaban J connectivity index is 1.44. The molecular weight excluding hydrogens is 450 g/mol. The summed E-state index contributed by atoms with van der Waals surface area (Å²) in [4.78, 5) is 19.0. The number of aliphatic hydroxyl groups excluding tert-OH is 1. The minimum absolute atomic E-state index is 0.0291. The zero-order valence-corrected chi connectivity index (χ0v) is 19.6. The standard InChI is InChI=1S/C25H23N5O3S/c1-16-13-19(17(2)29(16)25-26-10-12-34-25)23(32)15-33-24-8-7-18(9-11-31)14-22(24)30-27-20-5-3-4-6-21(20)28-30/h3-8,10,12-14,31H,9,11,15H2,1-2H3. The lowest BCUT2D eigenvalue weighted by Gasteiger charge is -2.12. The van der Waals surface area contributed by atoms with Crippen LogP contribution in [0.15, 0.2) is 60.1 Å². The molecule has 0 unspecified atom stereocenters. The van der Waals surface area contributed by atoms with Gasteiger partial charge in [-0.05, 0) is 56.2 Å². The van der Waals surface area contributed by atoms with E-state index in [0.29, 0.717) is 23.4 Å². The third kappa shape index (κ3) is 4.11. The molecule has 9 heteroatoms. The summed E-state index contributed by atoms with van der Waals surface area (Å²) in [6.07, 6.45) is 2.24. The van der Waals surface area contributed by atoms with Gasteiger partial charge >= 0.3 is 0 Å². The molecule has 34 heavy (non-hydrogen) atoms. The average molecular weight is 474 g/mol. The SMILES string of the molecule is Cc1cc(C(=O)COc2ccc(CCO)cc2-n2nc3ccccc3n2)c(C)n1-c1nccs1. The van der Waals surface area contributed by atoms with Crippen LogP contribution in [0.1, 0.15) is 27.3 Å². The summed E-state index contributed by atoms with van der Waals surface area (Å²) >= 11 is 1.52. The Morgan fingerprint density at radius 3 is 2.53 bits per heavy atom. The van der Waals surface area contributed by atoms with Crippen LogP contribution in [0.3, 0.4) is 0 Å². The summed E-state index contributed by atoms with van der Waals surface area (Å²) in [7, 11) is 0. The number of ketones is 1. The van der Waals surface area contributed by atoms with E-state index in [0.717, 1.165) is 33.1 Å². The van der Waals surface area contributed by atoms with E-state index in [4.69, 9.17) is 4.74 Å². The largest absolute Gasteiger partial charge is 0.483 e. The number of nitrogens with zero attached hydrogens (tertiary/aromatic N) is 5. The summed E-state index contributed by atoms with van der Waals surface area (Å²) in [5, 5.41) is 21.2. The second kappa shape index (κ2) is 9.20. The molecule has 3 heterocycles. The molecule has 0 bridgehead atoms. The fourth-order valence-corrected chi connectivity index (χ4v) is 4.73. The number of carbonyl (C=O) groups is 1. The van der Waals surface area contributed by atoms with Crippen LogP contribution in [-0.2, 0) is 6.42 Å². The molecule has 0 aliphatic heterocycles. The molecule has 3 aromatic heterocycles. The molecule has 0 saturated heterocycles. The third-order valence-corrected chi connectivity index (χ3v) is 6.38. The minimum Gasteiger partial charge on any atom is -0.483 e. The van der Waals surface area contributed by atoms with Crippen LogP contribution in [0.25, 0.3) is 21.9 Å². The van der Waals surface area contributed by atoms with Gasteiger partial charge in [0.2, 0.25) is 5.78 Å². The molecule has 0 aliphatic rings. The maximum Gasteiger partial charge on any atom is 0.202 e. The lowest BCUT2D eigenvalue weighted by molar-refractivity contribution is 0.0920. The summed E-state index contributed by atoms with van der Waals surface area (Å²) in [6.45, 7) is 3.77. The van der Waals surface area contributed by atoms with Gasteiger partial charge in [0.05, 0.1) is 0 Å². The zero-order chi connectivity index (χ0) is 23.7. The van der Waals surface area contributed by atoms with Crippen molar-refractivity contribution in [3.63, 3.8) is 0 Å².